The van der Waals surface area contributed by atoms with Crippen LogP contribution in [0.15, 0.2) is 17.5 Å². The Balaban J connectivity index is 1.86. The van der Waals surface area contributed by atoms with Crippen LogP contribution in [0.25, 0.3) is 0 Å². The van der Waals surface area contributed by atoms with Gasteiger partial charge in [-0.1, -0.05) is 13.0 Å². The van der Waals surface area contributed by atoms with Crippen LogP contribution >= 0.6 is 11.3 Å². The summed E-state index contributed by atoms with van der Waals surface area (Å²) in [5.74, 6) is 0.213. The van der Waals surface area contributed by atoms with Gasteiger partial charge in [0.15, 0.2) is 0 Å². The predicted molar refractivity (Wildman–Crippen MR) is 73.8 cm³/mol. The van der Waals surface area contributed by atoms with Gasteiger partial charge < -0.3 is 9.64 Å². The lowest BCUT2D eigenvalue weighted by Gasteiger charge is -2.36. The maximum absolute atomic E-state index is 12.1. The van der Waals surface area contributed by atoms with Gasteiger partial charge in [-0.05, 0) is 29.7 Å². The minimum absolute atomic E-state index is 0.213. The summed E-state index contributed by atoms with van der Waals surface area (Å²) in [6.07, 6.45) is 2.62. The smallest absolute Gasteiger partial charge is 0.227 e. The van der Waals surface area contributed by atoms with Crippen molar-refractivity contribution in [3.05, 3.63) is 22.4 Å². The number of carbonyl (C=O) groups is 1. The molecule has 1 aromatic heterocycles. The summed E-state index contributed by atoms with van der Waals surface area (Å²) in [5, 5.41) is 2.02. The monoisotopic (exact) mass is 267 g/mol. The molecule has 0 N–H and O–H groups in total. The van der Waals surface area contributed by atoms with Crippen LogP contribution in [-0.2, 0) is 16.0 Å². The highest BCUT2D eigenvalue weighted by Crippen LogP contribution is 2.30. The zero-order valence-electron chi connectivity index (χ0n) is 11.1. The SMILES string of the molecule is CN(CC1(C)CCOCC1)C(=O)Cc1cccs1. The number of carbonyl (C=O) groups excluding carboxylic acids is 1. The Bertz CT molecular complexity index is 383. The van der Waals surface area contributed by atoms with Crippen molar-refractivity contribution in [2.75, 3.05) is 26.8 Å². The number of thiophene rings is 1. The Morgan fingerprint density at radius 3 is 2.83 bits per heavy atom. The maximum atomic E-state index is 12.1. The molecular formula is C14H21NO2S. The molecule has 1 fully saturated rings. The molecule has 0 spiro atoms. The third-order valence-corrected chi connectivity index (χ3v) is 4.53. The van der Waals surface area contributed by atoms with Gasteiger partial charge in [-0.2, -0.15) is 0 Å². The number of hydrogen-bond donors (Lipinski definition) is 0. The van der Waals surface area contributed by atoms with Gasteiger partial charge in [0.25, 0.3) is 0 Å². The summed E-state index contributed by atoms with van der Waals surface area (Å²) >= 11 is 1.65. The molecule has 0 unspecified atom stereocenters. The van der Waals surface area contributed by atoms with E-state index < -0.39 is 0 Å². The van der Waals surface area contributed by atoms with E-state index in [4.69, 9.17) is 4.74 Å². The van der Waals surface area contributed by atoms with Crippen molar-refractivity contribution in [2.24, 2.45) is 5.41 Å². The average molecular weight is 267 g/mol. The second-order valence-electron chi connectivity index (χ2n) is 5.43. The van der Waals surface area contributed by atoms with E-state index in [-0.39, 0.29) is 11.3 Å². The second-order valence-corrected chi connectivity index (χ2v) is 6.46. The zero-order valence-corrected chi connectivity index (χ0v) is 12.0. The lowest BCUT2D eigenvalue weighted by Crippen LogP contribution is -2.41. The predicted octanol–water partition coefficient (Wildman–Crippen LogP) is 2.57. The number of likely N-dealkylation sites (N-methyl/N-ethyl adjacent to an activating group) is 1. The van der Waals surface area contributed by atoms with E-state index in [0.717, 1.165) is 37.5 Å². The summed E-state index contributed by atoms with van der Waals surface area (Å²) in [6, 6.07) is 4.01. The standard InChI is InChI=1S/C14H21NO2S/c1-14(5-7-17-8-6-14)11-15(2)13(16)10-12-4-3-9-18-12/h3-4,9H,5-8,10-11H2,1-2H3. The van der Waals surface area contributed by atoms with Gasteiger partial charge in [-0.15, -0.1) is 11.3 Å². The van der Waals surface area contributed by atoms with Gasteiger partial charge in [0.1, 0.15) is 0 Å². The molecule has 0 radical (unpaired) electrons. The lowest BCUT2D eigenvalue weighted by molar-refractivity contribution is -0.131. The van der Waals surface area contributed by atoms with Gasteiger partial charge in [-0.25, -0.2) is 0 Å². The highest BCUT2D eigenvalue weighted by Gasteiger charge is 2.30. The molecule has 1 aliphatic rings. The normalized spacial score (nSPS) is 18.6. The van der Waals surface area contributed by atoms with Gasteiger partial charge in [0, 0.05) is 31.7 Å². The van der Waals surface area contributed by atoms with E-state index in [0.29, 0.717) is 6.42 Å². The average Bonchev–Trinajstić information content (AvgIpc) is 2.82. The fraction of sp³-hybridized carbons (Fsp3) is 0.643. The number of hydrogen-bond acceptors (Lipinski definition) is 3. The fourth-order valence-corrected chi connectivity index (χ4v) is 3.08. The van der Waals surface area contributed by atoms with Crippen LogP contribution in [0, 0.1) is 5.41 Å². The first-order valence-corrected chi connectivity index (χ1v) is 7.31. The molecule has 0 bridgehead atoms. The Hall–Kier alpha value is -0.870. The van der Waals surface area contributed by atoms with Crippen LogP contribution in [0.2, 0.25) is 0 Å². The third-order valence-electron chi connectivity index (χ3n) is 3.65. The number of nitrogens with zero attached hydrogens (tertiary/aromatic N) is 1. The molecule has 3 nitrogen and oxygen atoms in total. The van der Waals surface area contributed by atoms with E-state index in [1.807, 2.05) is 29.5 Å². The summed E-state index contributed by atoms with van der Waals surface area (Å²) in [5.41, 5.74) is 0.220. The van der Waals surface area contributed by atoms with Crippen molar-refractivity contribution in [1.29, 1.82) is 0 Å². The van der Waals surface area contributed by atoms with Crippen LogP contribution < -0.4 is 0 Å². The summed E-state index contributed by atoms with van der Waals surface area (Å²) in [7, 11) is 1.91. The second kappa shape index (κ2) is 5.85. The Morgan fingerprint density at radius 1 is 1.50 bits per heavy atom. The quantitative estimate of drug-likeness (QED) is 0.839. The van der Waals surface area contributed by atoms with Crippen LogP contribution in [0.3, 0.4) is 0 Å². The summed E-state index contributed by atoms with van der Waals surface area (Å²) < 4.78 is 5.39. The molecule has 1 saturated heterocycles. The minimum Gasteiger partial charge on any atom is -0.381 e. The lowest BCUT2D eigenvalue weighted by atomic mass is 9.82. The van der Waals surface area contributed by atoms with Crippen molar-refractivity contribution < 1.29 is 9.53 Å². The first-order chi connectivity index (χ1) is 8.59. The molecule has 100 valence electrons. The topological polar surface area (TPSA) is 29.5 Å². The van der Waals surface area contributed by atoms with E-state index in [1.54, 1.807) is 11.3 Å². The highest BCUT2D eigenvalue weighted by atomic mass is 32.1. The molecule has 1 aromatic rings. The number of rotatable bonds is 4. The molecule has 0 atom stereocenters. The van der Waals surface area contributed by atoms with E-state index in [1.165, 1.54) is 0 Å². The van der Waals surface area contributed by atoms with Gasteiger partial charge in [0.05, 0.1) is 6.42 Å². The van der Waals surface area contributed by atoms with Gasteiger partial charge >= 0.3 is 0 Å². The number of amides is 1. The van der Waals surface area contributed by atoms with Crippen LogP contribution in [-0.4, -0.2) is 37.6 Å². The zero-order chi connectivity index (χ0) is 13.0. The van der Waals surface area contributed by atoms with Crippen molar-refractivity contribution >= 4 is 17.2 Å². The molecule has 0 aliphatic carbocycles. The van der Waals surface area contributed by atoms with E-state index in [2.05, 4.69) is 6.92 Å². The Labute approximate surface area is 113 Å². The van der Waals surface area contributed by atoms with E-state index in [9.17, 15) is 4.79 Å². The van der Waals surface area contributed by atoms with Crippen molar-refractivity contribution in [3.63, 3.8) is 0 Å². The molecule has 18 heavy (non-hydrogen) atoms. The Kier molecular flexibility index (Phi) is 4.40. The molecule has 2 heterocycles. The van der Waals surface area contributed by atoms with Crippen molar-refractivity contribution in [1.82, 2.24) is 4.90 Å². The maximum Gasteiger partial charge on any atom is 0.227 e. The molecular weight excluding hydrogens is 246 g/mol. The van der Waals surface area contributed by atoms with Gasteiger partial charge in [-0.3, -0.25) is 4.79 Å². The largest absolute Gasteiger partial charge is 0.381 e. The number of ether oxygens (including phenoxy) is 1. The highest BCUT2D eigenvalue weighted by molar-refractivity contribution is 7.10. The molecule has 1 amide bonds. The minimum atomic E-state index is 0.213. The van der Waals surface area contributed by atoms with Crippen LogP contribution in [0.1, 0.15) is 24.6 Å². The first-order valence-electron chi connectivity index (χ1n) is 6.43. The molecule has 0 saturated carbocycles. The van der Waals surface area contributed by atoms with Crippen LogP contribution in [0.4, 0.5) is 0 Å². The third kappa shape index (κ3) is 3.56. The van der Waals surface area contributed by atoms with Gasteiger partial charge in [0.2, 0.25) is 5.91 Å². The summed E-state index contributed by atoms with van der Waals surface area (Å²) in [6.45, 7) is 4.73. The van der Waals surface area contributed by atoms with Crippen molar-refractivity contribution in [3.8, 4) is 0 Å². The molecule has 1 aliphatic heterocycles. The molecule has 0 aromatic carbocycles. The molecule has 2 rings (SSSR count). The summed E-state index contributed by atoms with van der Waals surface area (Å²) in [4.78, 5) is 15.2. The first kappa shape index (κ1) is 13.6. The van der Waals surface area contributed by atoms with Crippen LogP contribution in [0.5, 0.6) is 0 Å². The fourth-order valence-electron chi connectivity index (χ4n) is 2.38. The van der Waals surface area contributed by atoms with Crippen molar-refractivity contribution in [2.45, 2.75) is 26.2 Å². The molecule has 4 heteroatoms. The Morgan fingerprint density at radius 2 is 2.22 bits per heavy atom. The van der Waals surface area contributed by atoms with E-state index >= 15 is 0 Å².